The van der Waals surface area contributed by atoms with Crippen LogP contribution < -0.4 is 5.32 Å². The first-order valence-electron chi connectivity index (χ1n) is 6.96. The summed E-state index contributed by atoms with van der Waals surface area (Å²) in [6.07, 6.45) is 1.25. The largest absolute Gasteiger partial charge is 0.377 e. The van der Waals surface area contributed by atoms with Crippen molar-refractivity contribution in [2.24, 2.45) is 0 Å². The van der Waals surface area contributed by atoms with Crippen molar-refractivity contribution in [2.75, 3.05) is 13.7 Å². The second-order valence-corrected chi connectivity index (χ2v) is 5.16. The number of likely N-dealkylation sites (N-methyl/N-ethyl adjacent to an activating group) is 1. The quantitative estimate of drug-likeness (QED) is 0.800. The molecule has 0 spiro atoms. The van der Waals surface area contributed by atoms with Gasteiger partial charge in [0.2, 0.25) is 0 Å². The van der Waals surface area contributed by atoms with Crippen LogP contribution in [0.1, 0.15) is 44.7 Å². The van der Waals surface area contributed by atoms with E-state index < -0.39 is 0 Å². The van der Waals surface area contributed by atoms with Crippen molar-refractivity contribution >= 4 is 0 Å². The highest BCUT2D eigenvalue weighted by Crippen LogP contribution is 2.16. The van der Waals surface area contributed by atoms with E-state index in [2.05, 4.69) is 50.4 Å². The van der Waals surface area contributed by atoms with Crippen molar-refractivity contribution < 1.29 is 4.74 Å². The molecule has 0 radical (unpaired) electrons. The number of hydrogen-bond donors (Lipinski definition) is 1. The Balaban J connectivity index is 2.64. The second-order valence-electron chi connectivity index (χ2n) is 5.16. The molecule has 0 aliphatic rings. The van der Waals surface area contributed by atoms with Gasteiger partial charge in [0, 0.05) is 12.6 Å². The Morgan fingerprint density at radius 2 is 1.72 bits per heavy atom. The maximum Gasteiger partial charge on any atom is 0.0702 e. The fourth-order valence-corrected chi connectivity index (χ4v) is 2.17. The molecular formula is C16H27NO. The minimum atomic E-state index is 0.241. The van der Waals surface area contributed by atoms with Crippen LogP contribution in [0.15, 0.2) is 24.3 Å². The average molecular weight is 249 g/mol. The van der Waals surface area contributed by atoms with Crippen molar-refractivity contribution in [1.82, 2.24) is 5.32 Å². The Labute approximate surface area is 112 Å². The molecule has 0 aliphatic heterocycles. The molecule has 1 rings (SSSR count). The van der Waals surface area contributed by atoms with Crippen LogP contribution in [0.3, 0.4) is 0 Å². The molecule has 0 fully saturated rings. The number of ether oxygens (including phenoxy) is 1. The summed E-state index contributed by atoms with van der Waals surface area (Å²) < 4.78 is 5.67. The molecule has 102 valence electrons. The molecule has 1 aromatic carbocycles. The van der Waals surface area contributed by atoms with Crippen LogP contribution in [0.2, 0.25) is 0 Å². The van der Waals surface area contributed by atoms with Crippen LogP contribution in [0.25, 0.3) is 0 Å². The number of nitrogens with one attached hydrogen (secondary N) is 1. The van der Waals surface area contributed by atoms with Gasteiger partial charge in [-0.15, -0.1) is 0 Å². The summed E-state index contributed by atoms with van der Waals surface area (Å²) in [6.45, 7) is 9.39. The Bertz CT molecular complexity index is 331. The average Bonchev–Trinajstić information content (AvgIpc) is 2.36. The van der Waals surface area contributed by atoms with Crippen molar-refractivity contribution in [3.63, 3.8) is 0 Å². The number of hydrogen-bond acceptors (Lipinski definition) is 2. The third-order valence-electron chi connectivity index (χ3n) is 3.47. The van der Waals surface area contributed by atoms with Crippen molar-refractivity contribution in [1.29, 1.82) is 0 Å². The van der Waals surface area contributed by atoms with E-state index in [4.69, 9.17) is 4.74 Å². The predicted octanol–water partition coefficient (Wildman–Crippen LogP) is 3.37. The predicted molar refractivity (Wildman–Crippen MR) is 78.2 cm³/mol. The molecule has 0 saturated heterocycles. The zero-order valence-electron chi connectivity index (χ0n) is 12.4. The molecule has 2 heteroatoms. The first-order valence-corrected chi connectivity index (χ1v) is 6.96. The molecule has 18 heavy (non-hydrogen) atoms. The van der Waals surface area contributed by atoms with Gasteiger partial charge in [0.1, 0.15) is 0 Å². The maximum atomic E-state index is 5.67. The van der Waals surface area contributed by atoms with E-state index >= 15 is 0 Å². The lowest BCUT2D eigenvalue weighted by Gasteiger charge is -2.23. The van der Waals surface area contributed by atoms with Gasteiger partial charge >= 0.3 is 0 Å². The number of benzene rings is 1. The first kappa shape index (κ1) is 15.2. The maximum absolute atomic E-state index is 5.67. The van der Waals surface area contributed by atoms with Gasteiger partial charge in [0.15, 0.2) is 0 Å². The van der Waals surface area contributed by atoms with Gasteiger partial charge in [-0.25, -0.2) is 0 Å². The molecule has 0 heterocycles. The van der Waals surface area contributed by atoms with Gasteiger partial charge in [-0.2, -0.15) is 0 Å². The lowest BCUT2D eigenvalue weighted by atomic mass is 9.97. The molecule has 1 aromatic rings. The summed E-state index contributed by atoms with van der Waals surface area (Å²) in [5.74, 6) is 0.599. The van der Waals surface area contributed by atoms with Crippen LogP contribution in [0.5, 0.6) is 0 Å². The second kappa shape index (κ2) is 7.55. The lowest BCUT2D eigenvalue weighted by Crippen LogP contribution is -2.39. The van der Waals surface area contributed by atoms with Gasteiger partial charge in [-0.05, 0) is 44.4 Å². The van der Waals surface area contributed by atoms with Crippen LogP contribution in [-0.4, -0.2) is 25.8 Å². The third kappa shape index (κ3) is 4.43. The van der Waals surface area contributed by atoms with Crippen LogP contribution >= 0.6 is 0 Å². The zero-order valence-corrected chi connectivity index (χ0v) is 12.4. The SMILES string of the molecule is CCOC(C)C(Cc1ccc(C(C)C)cc1)NC. The standard InChI is InChI=1S/C16H27NO/c1-6-18-13(4)16(17-5)11-14-7-9-15(10-8-14)12(2)3/h7-10,12-13,16-17H,6,11H2,1-5H3. The molecule has 1 N–H and O–H groups in total. The van der Waals surface area contributed by atoms with E-state index in [9.17, 15) is 0 Å². The van der Waals surface area contributed by atoms with Crippen LogP contribution in [0.4, 0.5) is 0 Å². The summed E-state index contributed by atoms with van der Waals surface area (Å²) in [6, 6.07) is 9.31. The Hall–Kier alpha value is -0.860. The van der Waals surface area contributed by atoms with E-state index in [1.165, 1.54) is 11.1 Å². The van der Waals surface area contributed by atoms with Crippen molar-refractivity contribution in [3.05, 3.63) is 35.4 Å². The minimum absolute atomic E-state index is 0.241. The summed E-state index contributed by atoms with van der Waals surface area (Å²) in [5, 5.41) is 3.35. The highest BCUT2D eigenvalue weighted by molar-refractivity contribution is 5.25. The fraction of sp³-hybridized carbons (Fsp3) is 0.625. The van der Waals surface area contributed by atoms with E-state index in [1.54, 1.807) is 0 Å². The van der Waals surface area contributed by atoms with Crippen molar-refractivity contribution in [3.8, 4) is 0 Å². The summed E-state index contributed by atoms with van der Waals surface area (Å²) in [4.78, 5) is 0. The molecule has 2 nitrogen and oxygen atoms in total. The molecule has 0 aliphatic carbocycles. The van der Waals surface area contributed by atoms with Gasteiger partial charge in [-0.1, -0.05) is 38.1 Å². The molecule has 0 amide bonds. The Morgan fingerprint density at radius 1 is 1.11 bits per heavy atom. The molecule has 2 unspecified atom stereocenters. The number of rotatable bonds is 7. The van der Waals surface area contributed by atoms with E-state index in [-0.39, 0.29) is 6.10 Å². The first-order chi connectivity index (χ1) is 8.58. The zero-order chi connectivity index (χ0) is 13.5. The van der Waals surface area contributed by atoms with E-state index in [0.29, 0.717) is 12.0 Å². The van der Waals surface area contributed by atoms with Gasteiger partial charge in [-0.3, -0.25) is 0 Å². The van der Waals surface area contributed by atoms with E-state index in [1.807, 2.05) is 14.0 Å². The Kier molecular flexibility index (Phi) is 6.37. The third-order valence-corrected chi connectivity index (χ3v) is 3.47. The van der Waals surface area contributed by atoms with Crippen LogP contribution in [-0.2, 0) is 11.2 Å². The normalized spacial score (nSPS) is 14.8. The molecule has 0 bridgehead atoms. The smallest absolute Gasteiger partial charge is 0.0702 e. The highest BCUT2D eigenvalue weighted by Gasteiger charge is 2.15. The minimum Gasteiger partial charge on any atom is -0.377 e. The highest BCUT2D eigenvalue weighted by atomic mass is 16.5. The molecule has 0 aromatic heterocycles. The van der Waals surface area contributed by atoms with Gasteiger partial charge in [0.05, 0.1) is 6.10 Å². The monoisotopic (exact) mass is 249 g/mol. The summed E-state index contributed by atoms with van der Waals surface area (Å²) in [7, 11) is 2.00. The molecular weight excluding hydrogens is 222 g/mol. The fourth-order valence-electron chi connectivity index (χ4n) is 2.17. The topological polar surface area (TPSA) is 21.3 Å². The van der Waals surface area contributed by atoms with Gasteiger partial charge in [0.25, 0.3) is 0 Å². The summed E-state index contributed by atoms with van der Waals surface area (Å²) >= 11 is 0. The van der Waals surface area contributed by atoms with Gasteiger partial charge < -0.3 is 10.1 Å². The Morgan fingerprint density at radius 3 is 2.17 bits per heavy atom. The van der Waals surface area contributed by atoms with Crippen molar-refractivity contribution in [2.45, 2.75) is 52.2 Å². The molecule has 0 saturated carbocycles. The summed E-state index contributed by atoms with van der Waals surface area (Å²) in [5.41, 5.74) is 2.77. The lowest BCUT2D eigenvalue weighted by molar-refractivity contribution is 0.0497. The van der Waals surface area contributed by atoms with E-state index in [0.717, 1.165) is 13.0 Å². The van der Waals surface area contributed by atoms with Crippen LogP contribution in [0, 0.1) is 0 Å². The molecule has 2 atom stereocenters.